The molecular weight excluding hydrogens is 460 g/mol. The predicted octanol–water partition coefficient (Wildman–Crippen LogP) is 1.24. The minimum atomic E-state index is -0.190. The lowest BCUT2D eigenvalue weighted by atomic mass is 10.1. The minimum Gasteiger partial charge on any atom is -0.378 e. The first kappa shape index (κ1) is 24.1. The molecule has 1 aromatic carbocycles. The Labute approximate surface area is 209 Å². The molecule has 3 aromatic rings. The number of H-pyrrole nitrogens is 2. The molecule has 0 atom stereocenters. The molecule has 190 valence electrons. The second-order valence-electron chi connectivity index (χ2n) is 9.35. The van der Waals surface area contributed by atoms with Crippen molar-refractivity contribution in [1.29, 1.82) is 0 Å². The second-order valence-corrected chi connectivity index (χ2v) is 9.35. The summed E-state index contributed by atoms with van der Waals surface area (Å²) in [5, 5.41) is 1.07. The Morgan fingerprint density at radius 1 is 1.00 bits per heavy atom. The van der Waals surface area contributed by atoms with E-state index in [0.29, 0.717) is 82.5 Å². The van der Waals surface area contributed by atoms with E-state index in [1.807, 2.05) is 47.2 Å². The molecule has 0 radical (unpaired) electrons. The largest absolute Gasteiger partial charge is 0.378 e. The van der Waals surface area contributed by atoms with E-state index in [1.54, 1.807) is 4.90 Å². The molecule has 2 aliphatic heterocycles. The Morgan fingerprint density at radius 3 is 2.42 bits per heavy atom. The van der Waals surface area contributed by atoms with Crippen molar-refractivity contribution in [3.05, 3.63) is 57.6 Å². The van der Waals surface area contributed by atoms with Crippen molar-refractivity contribution in [1.82, 2.24) is 24.8 Å². The number of ether oxygens (including phenoxy) is 1. The third-order valence-corrected chi connectivity index (χ3v) is 7.11. The molecule has 2 aliphatic rings. The first-order valence-corrected chi connectivity index (χ1v) is 12.5. The number of fused-ring (bicyclic) bond motifs is 1. The van der Waals surface area contributed by atoms with Crippen molar-refractivity contribution in [3.63, 3.8) is 0 Å². The lowest BCUT2D eigenvalue weighted by Gasteiger charge is -2.35. The van der Waals surface area contributed by atoms with E-state index < -0.39 is 0 Å². The number of morpholine rings is 1. The zero-order valence-electron chi connectivity index (χ0n) is 20.6. The van der Waals surface area contributed by atoms with Gasteiger partial charge in [0.2, 0.25) is 17.8 Å². The van der Waals surface area contributed by atoms with Gasteiger partial charge in [0, 0.05) is 74.0 Å². The summed E-state index contributed by atoms with van der Waals surface area (Å²) < 4.78 is 5.36. The van der Waals surface area contributed by atoms with E-state index in [-0.39, 0.29) is 23.8 Å². The molecule has 10 nitrogen and oxygen atoms in total. The van der Waals surface area contributed by atoms with E-state index in [9.17, 15) is 14.4 Å². The van der Waals surface area contributed by atoms with Crippen LogP contribution in [0.15, 0.2) is 35.3 Å². The van der Waals surface area contributed by atoms with Gasteiger partial charge in [-0.05, 0) is 25.0 Å². The molecule has 10 heteroatoms. The number of aryl methyl sites for hydroxylation is 1. The van der Waals surface area contributed by atoms with Gasteiger partial charge in [-0.15, -0.1) is 0 Å². The Hall–Kier alpha value is -3.66. The molecule has 2 aromatic heterocycles. The molecule has 2 amide bonds. The van der Waals surface area contributed by atoms with Crippen LogP contribution in [0, 0.1) is 6.92 Å². The highest BCUT2D eigenvalue weighted by molar-refractivity contribution is 5.89. The van der Waals surface area contributed by atoms with Crippen LogP contribution in [0.1, 0.15) is 23.2 Å². The molecule has 0 spiro atoms. The first-order valence-electron chi connectivity index (χ1n) is 12.5. The Kier molecular flexibility index (Phi) is 7.04. The van der Waals surface area contributed by atoms with Gasteiger partial charge in [-0.25, -0.2) is 4.98 Å². The molecule has 0 aliphatic carbocycles. The average molecular weight is 493 g/mol. The summed E-state index contributed by atoms with van der Waals surface area (Å²) >= 11 is 0. The highest BCUT2D eigenvalue weighted by atomic mass is 16.5. The number of carbonyl (C=O) groups excluding carboxylic acids is 2. The summed E-state index contributed by atoms with van der Waals surface area (Å²) in [4.78, 5) is 54.7. The lowest BCUT2D eigenvalue weighted by Crippen LogP contribution is -2.51. The SMILES string of the molecule is Cc1nc(N2CCOCC2)[nH]c(=O)c1CCC(=O)N1CCN(C(=O)Cc2c[nH]c3ccccc23)CC1. The number of nitrogens with zero attached hydrogens (tertiary/aromatic N) is 4. The minimum absolute atomic E-state index is 0.00483. The van der Waals surface area contributed by atoms with Crippen molar-refractivity contribution in [2.24, 2.45) is 0 Å². The number of hydrogen-bond acceptors (Lipinski definition) is 6. The van der Waals surface area contributed by atoms with Crippen LogP contribution in [-0.4, -0.2) is 89.0 Å². The first-order chi connectivity index (χ1) is 17.5. The van der Waals surface area contributed by atoms with Crippen molar-refractivity contribution in [3.8, 4) is 0 Å². The number of benzene rings is 1. The van der Waals surface area contributed by atoms with Crippen LogP contribution in [0.4, 0.5) is 5.95 Å². The smallest absolute Gasteiger partial charge is 0.255 e. The number of nitrogens with one attached hydrogen (secondary N) is 2. The maximum absolute atomic E-state index is 12.9. The maximum atomic E-state index is 12.9. The molecule has 2 N–H and O–H groups in total. The number of amides is 2. The Bertz CT molecular complexity index is 1300. The molecule has 5 rings (SSSR count). The van der Waals surface area contributed by atoms with E-state index >= 15 is 0 Å². The average Bonchev–Trinajstić information content (AvgIpc) is 3.31. The molecule has 4 heterocycles. The lowest BCUT2D eigenvalue weighted by molar-refractivity contribution is -0.139. The van der Waals surface area contributed by atoms with Gasteiger partial charge >= 0.3 is 0 Å². The third kappa shape index (κ3) is 5.13. The topological polar surface area (TPSA) is 115 Å². The van der Waals surface area contributed by atoms with Crippen molar-refractivity contribution in [2.75, 3.05) is 57.4 Å². The van der Waals surface area contributed by atoms with Crippen LogP contribution in [0.5, 0.6) is 0 Å². The zero-order valence-corrected chi connectivity index (χ0v) is 20.6. The highest BCUT2D eigenvalue weighted by Gasteiger charge is 2.25. The number of anilines is 1. The summed E-state index contributed by atoms with van der Waals surface area (Å²) in [7, 11) is 0. The molecule has 36 heavy (non-hydrogen) atoms. The van der Waals surface area contributed by atoms with Gasteiger partial charge in [-0.3, -0.25) is 19.4 Å². The van der Waals surface area contributed by atoms with Gasteiger partial charge in [0.15, 0.2) is 0 Å². The number of carbonyl (C=O) groups is 2. The van der Waals surface area contributed by atoms with Crippen molar-refractivity contribution >= 4 is 28.7 Å². The van der Waals surface area contributed by atoms with Crippen LogP contribution < -0.4 is 10.5 Å². The van der Waals surface area contributed by atoms with E-state index in [4.69, 9.17) is 4.74 Å². The quantitative estimate of drug-likeness (QED) is 0.535. The number of piperazine rings is 1. The van der Waals surface area contributed by atoms with Crippen molar-refractivity contribution in [2.45, 2.75) is 26.2 Å². The van der Waals surface area contributed by atoms with Gasteiger partial charge in [-0.2, -0.15) is 0 Å². The normalized spacial score (nSPS) is 16.5. The maximum Gasteiger partial charge on any atom is 0.255 e. The molecule has 0 saturated carbocycles. The monoisotopic (exact) mass is 492 g/mol. The molecule has 2 fully saturated rings. The van der Waals surface area contributed by atoms with Crippen LogP contribution in [0.2, 0.25) is 0 Å². The fraction of sp³-hybridized carbons (Fsp3) is 0.462. The number of rotatable bonds is 6. The van der Waals surface area contributed by atoms with E-state index in [2.05, 4.69) is 15.0 Å². The Balaban J connectivity index is 1.12. The number of aromatic amines is 2. The van der Waals surface area contributed by atoms with Crippen LogP contribution >= 0.6 is 0 Å². The molecular formula is C26H32N6O4. The molecule has 0 unspecified atom stereocenters. The van der Waals surface area contributed by atoms with E-state index in [0.717, 1.165) is 16.5 Å². The summed E-state index contributed by atoms with van der Waals surface area (Å²) in [5.74, 6) is 0.625. The predicted molar refractivity (Wildman–Crippen MR) is 136 cm³/mol. The fourth-order valence-electron chi connectivity index (χ4n) is 4.96. The van der Waals surface area contributed by atoms with Gasteiger partial charge in [-0.1, -0.05) is 18.2 Å². The Morgan fingerprint density at radius 2 is 1.69 bits per heavy atom. The molecule has 2 saturated heterocycles. The third-order valence-electron chi connectivity index (χ3n) is 7.11. The zero-order chi connectivity index (χ0) is 25.1. The summed E-state index contributed by atoms with van der Waals surface area (Å²) in [5.41, 5.74) is 3.02. The van der Waals surface area contributed by atoms with Gasteiger partial charge in [0.25, 0.3) is 5.56 Å². The van der Waals surface area contributed by atoms with Gasteiger partial charge in [0.05, 0.1) is 19.6 Å². The number of para-hydroxylation sites is 1. The molecule has 0 bridgehead atoms. The van der Waals surface area contributed by atoms with Crippen LogP contribution in [0.25, 0.3) is 10.9 Å². The number of hydrogen-bond donors (Lipinski definition) is 2. The second kappa shape index (κ2) is 10.5. The highest BCUT2D eigenvalue weighted by Crippen LogP contribution is 2.19. The van der Waals surface area contributed by atoms with Crippen LogP contribution in [-0.2, 0) is 27.2 Å². The van der Waals surface area contributed by atoms with Gasteiger partial charge < -0.3 is 24.4 Å². The van der Waals surface area contributed by atoms with E-state index in [1.165, 1.54) is 0 Å². The van der Waals surface area contributed by atoms with Crippen LogP contribution in [0.3, 0.4) is 0 Å². The van der Waals surface area contributed by atoms with Gasteiger partial charge in [0.1, 0.15) is 0 Å². The standard InChI is InChI=1S/C26H32N6O4/c1-18-20(25(35)29-26(28-18)32-12-14-36-15-13-32)6-7-23(33)30-8-10-31(11-9-30)24(34)16-19-17-27-22-5-3-2-4-21(19)22/h2-5,17,27H,6-16H2,1H3,(H,28,29,35). The summed E-state index contributed by atoms with van der Waals surface area (Å²) in [6.45, 7) is 6.46. The van der Waals surface area contributed by atoms with Crippen molar-refractivity contribution < 1.29 is 14.3 Å². The summed E-state index contributed by atoms with van der Waals surface area (Å²) in [6, 6.07) is 7.95. The number of aromatic nitrogens is 3. The fourth-order valence-corrected chi connectivity index (χ4v) is 4.96. The summed E-state index contributed by atoms with van der Waals surface area (Å²) in [6.07, 6.45) is 2.82.